The number of aryl methyl sites for hydroxylation is 1. The van der Waals surface area contributed by atoms with Crippen molar-refractivity contribution in [1.29, 1.82) is 0 Å². The molecule has 0 unspecified atom stereocenters. The third-order valence-corrected chi connectivity index (χ3v) is 7.35. The van der Waals surface area contributed by atoms with Gasteiger partial charge in [0, 0.05) is 45.7 Å². The van der Waals surface area contributed by atoms with Crippen LogP contribution in [0.1, 0.15) is 63.3 Å². The first kappa shape index (κ1) is 32.9. The topological polar surface area (TPSA) is 75.2 Å². The van der Waals surface area contributed by atoms with Crippen molar-refractivity contribution in [2.24, 2.45) is 0 Å². The number of benzene rings is 2. The van der Waals surface area contributed by atoms with Gasteiger partial charge in [-0.05, 0) is 55.8 Å². The summed E-state index contributed by atoms with van der Waals surface area (Å²) in [6, 6.07) is 14.4. The van der Waals surface area contributed by atoms with Gasteiger partial charge < -0.3 is 9.80 Å². The molecule has 1 atom stereocenters. The minimum Gasteiger partial charge on any atom is -0.305 e. The third kappa shape index (κ3) is 8.95. The maximum absolute atomic E-state index is 15.2. The second kappa shape index (κ2) is 15.6. The molecule has 0 radical (unpaired) electrons. The number of amides is 1. The lowest BCUT2D eigenvalue weighted by Gasteiger charge is -2.33. The van der Waals surface area contributed by atoms with Gasteiger partial charge in [0.1, 0.15) is 11.5 Å². The van der Waals surface area contributed by atoms with E-state index in [0.717, 1.165) is 49.9 Å². The molecular weight excluding hydrogens is 538 g/mol. The number of nitrogens with one attached hydrogen (secondary N) is 1. The predicted molar refractivity (Wildman–Crippen MR) is 165 cm³/mol. The van der Waals surface area contributed by atoms with Crippen LogP contribution < -0.4 is 15.5 Å². The largest absolute Gasteiger partial charge is 0.305 e. The van der Waals surface area contributed by atoms with Gasteiger partial charge >= 0.3 is 0 Å². The number of hydrogen-bond donors (Lipinski definition) is 2. The number of likely N-dealkylation sites (N-methyl/N-ethyl adjacent to an activating group) is 1. The highest BCUT2D eigenvalue weighted by Gasteiger charge is 2.25. The van der Waals surface area contributed by atoms with Crippen LogP contribution in [-0.4, -0.2) is 59.1 Å². The second-order valence-electron chi connectivity index (χ2n) is 10.7. The molecule has 42 heavy (non-hydrogen) atoms. The van der Waals surface area contributed by atoms with E-state index in [2.05, 4.69) is 53.2 Å². The Morgan fingerprint density at radius 3 is 2.31 bits per heavy atom. The summed E-state index contributed by atoms with van der Waals surface area (Å²) in [7, 11) is 2.13. The monoisotopic (exact) mass is 582 g/mol. The van der Waals surface area contributed by atoms with Crippen molar-refractivity contribution in [1.82, 2.24) is 14.8 Å². The number of aromatic nitrogens is 1. The van der Waals surface area contributed by atoms with E-state index < -0.39 is 11.8 Å². The van der Waals surface area contributed by atoms with E-state index in [1.807, 2.05) is 19.1 Å². The van der Waals surface area contributed by atoms with E-state index in [4.69, 9.17) is 0 Å². The smallest absolute Gasteiger partial charge is 0.224 e. The zero-order chi connectivity index (χ0) is 30.8. The highest BCUT2D eigenvalue weighted by molar-refractivity contribution is 5.93. The molecule has 0 spiro atoms. The number of rotatable bonds is 9. The van der Waals surface area contributed by atoms with E-state index >= 15 is 4.39 Å². The second-order valence-corrected chi connectivity index (χ2v) is 10.7. The lowest BCUT2D eigenvalue weighted by Crippen LogP contribution is -2.43. The van der Waals surface area contributed by atoms with Crippen molar-refractivity contribution in [2.45, 2.75) is 60.0 Å². The van der Waals surface area contributed by atoms with Crippen LogP contribution in [0.5, 0.6) is 0 Å². The minimum absolute atomic E-state index is 0.00377. The fourth-order valence-corrected chi connectivity index (χ4v) is 4.73. The van der Waals surface area contributed by atoms with Crippen molar-refractivity contribution in [3.63, 3.8) is 0 Å². The standard InChI is InChI=1S/C28H34F2N6O2.C4H10/c1-19-15-26(36(38)32-28-10-6-9-27(30)31-28)24(29)17-25(19)35(21(3)37)20(2)23-8-5-7-22(16-23)18-34-13-11-33(4)12-14-34;1-3-4-2/h5-10,15-17,20,38H,11-14,18H2,1-4H3,(H,31,32);3-4H2,1-2H3/t20-;/m1./s1. The number of nitrogens with zero attached hydrogens (tertiary/aromatic N) is 5. The first-order valence-corrected chi connectivity index (χ1v) is 14.5. The van der Waals surface area contributed by atoms with Crippen LogP contribution in [0, 0.1) is 18.7 Å². The van der Waals surface area contributed by atoms with Gasteiger partial charge in [-0.15, -0.1) is 0 Å². The van der Waals surface area contributed by atoms with Crippen molar-refractivity contribution >= 4 is 23.1 Å². The molecule has 1 fully saturated rings. The predicted octanol–water partition coefficient (Wildman–Crippen LogP) is 6.56. The van der Waals surface area contributed by atoms with Gasteiger partial charge in [0.15, 0.2) is 5.82 Å². The van der Waals surface area contributed by atoms with Crippen LogP contribution in [0.2, 0.25) is 0 Å². The van der Waals surface area contributed by atoms with E-state index in [-0.39, 0.29) is 23.5 Å². The summed E-state index contributed by atoms with van der Waals surface area (Å²) in [4.78, 5) is 22.7. The average Bonchev–Trinajstić information content (AvgIpc) is 2.96. The molecule has 1 saturated heterocycles. The minimum atomic E-state index is -0.765. The number of unbranched alkanes of at least 4 members (excludes halogenated alkanes) is 1. The van der Waals surface area contributed by atoms with Gasteiger partial charge in [-0.25, -0.2) is 9.37 Å². The summed E-state index contributed by atoms with van der Waals surface area (Å²) < 4.78 is 28.6. The number of hydrazine groups is 1. The summed E-state index contributed by atoms with van der Waals surface area (Å²) in [6.45, 7) is 14.4. The van der Waals surface area contributed by atoms with Crippen LogP contribution in [0.25, 0.3) is 0 Å². The lowest BCUT2D eigenvalue weighted by atomic mass is 10.0. The number of piperazine rings is 1. The molecule has 228 valence electrons. The fraction of sp³-hybridized carbons (Fsp3) is 0.438. The molecular formula is C32H44F2N6O2. The molecule has 10 heteroatoms. The Kier molecular flexibility index (Phi) is 12.2. The van der Waals surface area contributed by atoms with Crippen LogP contribution in [0.4, 0.5) is 26.0 Å². The Balaban J connectivity index is 0.00000114. The average molecular weight is 583 g/mol. The molecule has 1 aliphatic heterocycles. The molecule has 8 nitrogen and oxygen atoms in total. The Morgan fingerprint density at radius 2 is 1.69 bits per heavy atom. The lowest BCUT2D eigenvalue weighted by molar-refractivity contribution is -0.117. The Labute approximate surface area is 248 Å². The van der Waals surface area contributed by atoms with E-state index in [0.29, 0.717) is 16.4 Å². The molecule has 2 N–H and O–H groups in total. The number of carbonyl (C=O) groups excluding carboxylic acids is 1. The van der Waals surface area contributed by atoms with Gasteiger partial charge in [-0.1, -0.05) is 57.0 Å². The van der Waals surface area contributed by atoms with E-state index in [1.165, 1.54) is 44.0 Å². The Morgan fingerprint density at radius 1 is 1.02 bits per heavy atom. The van der Waals surface area contributed by atoms with E-state index in [1.54, 1.807) is 11.8 Å². The summed E-state index contributed by atoms with van der Waals surface area (Å²) in [5.41, 5.74) is 5.32. The van der Waals surface area contributed by atoms with Crippen molar-refractivity contribution in [3.8, 4) is 0 Å². The maximum Gasteiger partial charge on any atom is 0.224 e. The molecule has 3 aromatic rings. The van der Waals surface area contributed by atoms with Crippen molar-refractivity contribution in [3.05, 3.63) is 83.1 Å². The third-order valence-electron chi connectivity index (χ3n) is 7.35. The van der Waals surface area contributed by atoms with E-state index in [9.17, 15) is 14.4 Å². The molecule has 0 aliphatic carbocycles. The summed E-state index contributed by atoms with van der Waals surface area (Å²) in [5, 5.41) is 10.8. The molecule has 2 heterocycles. The highest BCUT2D eigenvalue weighted by atomic mass is 19.1. The zero-order valence-electron chi connectivity index (χ0n) is 25.6. The zero-order valence-corrected chi connectivity index (χ0v) is 25.6. The maximum atomic E-state index is 15.2. The molecule has 1 amide bonds. The first-order chi connectivity index (χ1) is 20.0. The number of anilines is 3. The summed E-state index contributed by atoms with van der Waals surface area (Å²) in [6.07, 6.45) is 2.64. The van der Waals surface area contributed by atoms with Crippen molar-refractivity contribution < 1.29 is 18.8 Å². The highest BCUT2D eigenvalue weighted by Crippen LogP contribution is 2.34. The summed E-state index contributed by atoms with van der Waals surface area (Å²) >= 11 is 0. The van der Waals surface area contributed by atoms with Crippen LogP contribution in [-0.2, 0) is 11.3 Å². The SMILES string of the molecule is CC(=O)N(c1cc(F)c(N(O)Nc2cccc(F)n2)cc1C)[C@H](C)c1cccc(CN2CCN(C)CC2)c1.CCCC. The Hall–Kier alpha value is -3.60. The fourth-order valence-electron chi connectivity index (χ4n) is 4.73. The first-order valence-electron chi connectivity index (χ1n) is 14.5. The molecule has 0 saturated carbocycles. The van der Waals surface area contributed by atoms with Gasteiger partial charge in [-0.3, -0.25) is 20.3 Å². The molecule has 2 aromatic carbocycles. The molecule has 4 rings (SSSR count). The van der Waals surface area contributed by atoms with Gasteiger partial charge in [0.05, 0.1) is 11.7 Å². The molecule has 1 aromatic heterocycles. The van der Waals surface area contributed by atoms with Gasteiger partial charge in [-0.2, -0.15) is 9.56 Å². The van der Waals surface area contributed by atoms with Crippen molar-refractivity contribution in [2.75, 3.05) is 48.7 Å². The number of pyridine rings is 1. The summed E-state index contributed by atoms with van der Waals surface area (Å²) in [5.74, 6) is -1.74. The Bertz CT molecular complexity index is 1310. The van der Waals surface area contributed by atoms with Crippen LogP contribution >= 0.6 is 0 Å². The number of halogens is 2. The number of hydrogen-bond acceptors (Lipinski definition) is 7. The normalized spacial score (nSPS) is 14.5. The van der Waals surface area contributed by atoms with Gasteiger partial charge in [0.25, 0.3) is 0 Å². The van der Waals surface area contributed by atoms with Crippen LogP contribution in [0.15, 0.2) is 54.6 Å². The quantitative estimate of drug-likeness (QED) is 0.219. The number of carbonyl (C=O) groups is 1. The molecule has 1 aliphatic rings. The molecule has 0 bridgehead atoms. The van der Waals surface area contributed by atoms with Gasteiger partial charge in [0.2, 0.25) is 11.9 Å². The van der Waals surface area contributed by atoms with Crippen LogP contribution in [0.3, 0.4) is 0 Å².